The molecule has 3 aromatic rings. The number of pyridine rings is 1. The number of hydrogen-bond donors (Lipinski definition) is 1. The molecule has 8 nitrogen and oxygen atoms in total. The maximum Gasteiger partial charge on any atom is 0.365 e. The Bertz CT molecular complexity index is 832. The minimum Gasteiger partial charge on any atom is -0.444 e. The average molecular weight is 324 g/mol. The number of nitrogens with zero attached hydrogens (tertiary/aromatic N) is 3. The van der Waals surface area contributed by atoms with Crippen molar-refractivity contribution in [1.82, 2.24) is 15.1 Å². The van der Waals surface area contributed by atoms with Crippen LogP contribution in [0.3, 0.4) is 0 Å². The van der Waals surface area contributed by atoms with Crippen LogP contribution in [-0.2, 0) is 4.84 Å². The lowest BCUT2D eigenvalue weighted by Crippen LogP contribution is -2.39. The minimum absolute atomic E-state index is 0.230. The summed E-state index contributed by atoms with van der Waals surface area (Å²) in [6, 6.07) is 9.33. The Kier molecular flexibility index (Phi) is 4.30. The molecule has 0 saturated heterocycles. The normalized spacial score (nSPS) is 10.2. The van der Waals surface area contributed by atoms with Crippen LogP contribution in [0.15, 0.2) is 65.8 Å². The Balaban J connectivity index is 1.68. The third-order valence-electron chi connectivity index (χ3n) is 3.15. The lowest BCUT2D eigenvalue weighted by molar-refractivity contribution is -0.0828. The highest BCUT2D eigenvalue weighted by atomic mass is 16.7. The first-order chi connectivity index (χ1) is 11.6. The molecule has 24 heavy (non-hydrogen) atoms. The second-order valence-electron chi connectivity index (χ2n) is 4.69. The van der Waals surface area contributed by atoms with Gasteiger partial charge in [0.15, 0.2) is 12.2 Å². The Hall–Kier alpha value is -3.52. The van der Waals surface area contributed by atoms with Crippen LogP contribution in [0.1, 0.15) is 20.7 Å². The lowest BCUT2D eigenvalue weighted by Gasteiger charge is -2.15. The molecule has 0 bridgehead atoms. The zero-order chi connectivity index (χ0) is 16.9. The van der Waals surface area contributed by atoms with Gasteiger partial charge in [0.25, 0.3) is 0 Å². The molecule has 0 radical (unpaired) electrons. The van der Waals surface area contributed by atoms with E-state index in [1.54, 1.807) is 30.5 Å². The highest BCUT2D eigenvalue weighted by Crippen LogP contribution is 2.19. The fourth-order valence-electron chi connectivity index (χ4n) is 1.93. The van der Waals surface area contributed by atoms with Crippen LogP contribution in [-0.4, -0.2) is 27.0 Å². The first-order valence-electron chi connectivity index (χ1n) is 6.85. The van der Waals surface area contributed by atoms with Crippen LogP contribution in [0.25, 0.3) is 11.3 Å². The number of carbonyl (C=O) groups excluding carboxylic acids is 2. The lowest BCUT2D eigenvalue weighted by atomic mass is 10.1. The van der Waals surface area contributed by atoms with E-state index in [9.17, 15) is 9.59 Å². The number of oxazole rings is 1. The number of hydrazine groups is 1. The van der Waals surface area contributed by atoms with Gasteiger partial charge in [0.2, 0.25) is 0 Å². The number of rotatable bonds is 3. The van der Waals surface area contributed by atoms with Crippen LogP contribution in [0.4, 0.5) is 0 Å². The maximum atomic E-state index is 12.2. The molecular formula is C16H12N4O4. The van der Waals surface area contributed by atoms with E-state index in [1.165, 1.54) is 30.9 Å². The number of carbonyl (C=O) groups is 2. The number of aromatic nitrogens is 2. The molecule has 0 unspecified atom stereocenters. The van der Waals surface area contributed by atoms with Gasteiger partial charge in [0, 0.05) is 23.5 Å². The van der Waals surface area contributed by atoms with Gasteiger partial charge in [-0.15, -0.1) is 0 Å². The summed E-state index contributed by atoms with van der Waals surface area (Å²) in [5, 5.41) is 0.395. The van der Waals surface area contributed by atoms with Gasteiger partial charge in [-0.3, -0.25) is 9.78 Å². The van der Waals surface area contributed by atoms with Crippen molar-refractivity contribution >= 4 is 11.9 Å². The van der Waals surface area contributed by atoms with Crippen molar-refractivity contribution in [3.05, 3.63) is 72.5 Å². The molecule has 120 valence electrons. The Morgan fingerprint density at radius 1 is 1.00 bits per heavy atom. The fraction of sp³-hybridized carbons (Fsp3) is 0. The van der Waals surface area contributed by atoms with Crippen molar-refractivity contribution in [3.63, 3.8) is 0 Å². The van der Waals surface area contributed by atoms with Crippen LogP contribution >= 0.6 is 0 Å². The second-order valence-corrected chi connectivity index (χ2v) is 4.69. The summed E-state index contributed by atoms with van der Waals surface area (Å²) in [5.74, 6) is 4.67. The van der Waals surface area contributed by atoms with Gasteiger partial charge in [0.05, 0.1) is 11.8 Å². The van der Waals surface area contributed by atoms with Gasteiger partial charge in [-0.25, -0.2) is 15.6 Å². The zero-order valence-electron chi connectivity index (χ0n) is 12.3. The van der Waals surface area contributed by atoms with Crippen molar-refractivity contribution in [2.75, 3.05) is 0 Å². The fourth-order valence-corrected chi connectivity index (χ4v) is 1.93. The van der Waals surface area contributed by atoms with Crippen molar-refractivity contribution < 1.29 is 18.8 Å². The molecule has 0 spiro atoms. The molecule has 0 aliphatic carbocycles. The molecule has 0 saturated carbocycles. The SMILES string of the molecule is NN(OC(=O)c1ccncc1)C(=O)c1ccc(-c2cnco2)cc1. The summed E-state index contributed by atoms with van der Waals surface area (Å²) in [4.78, 5) is 36.5. The molecule has 0 fully saturated rings. The molecule has 0 aliphatic heterocycles. The Morgan fingerprint density at radius 2 is 1.71 bits per heavy atom. The molecule has 2 N–H and O–H groups in total. The van der Waals surface area contributed by atoms with Crippen molar-refractivity contribution in [1.29, 1.82) is 0 Å². The summed E-state index contributed by atoms with van der Waals surface area (Å²) in [6.07, 6.45) is 5.74. The molecule has 0 atom stereocenters. The minimum atomic E-state index is -0.758. The first kappa shape index (κ1) is 15.4. The second kappa shape index (κ2) is 6.71. The van der Waals surface area contributed by atoms with E-state index in [1.807, 2.05) is 0 Å². The zero-order valence-corrected chi connectivity index (χ0v) is 12.3. The predicted octanol–water partition coefficient (Wildman–Crippen LogP) is 1.82. The van der Waals surface area contributed by atoms with Gasteiger partial charge in [-0.1, -0.05) is 17.3 Å². The quantitative estimate of drug-likeness (QED) is 0.444. The van der Waals surface area contributed by atoms with E-state index >= 15 is 0 Å². The third-order valence-corrected chi connectivity index (χ3v) is 3.15. The Labute approximate surface area is 136 Å². The molecule has 2 aromatic heterocycles. The highest BCUT2D eigenvalue weighted by Gasteiger charge is 2.18. The van der Waals surface area contributed by atoms with Crippen LogP contribution < -0.4 is 5.84 Å². The predicted molar refractivity (Wildman–Crippen MR) is 81.9 cm³/mol. The number of nitrogens with two attached hydrogens (primary N) is 1. The number of benzene rings is 1. The van der Waals surface area contributed by atoms with Gasteiger partial charge in [-0.05, 0) is 24.3 Å². The number of hydroxylamine groups is 1. The highest BCUT2D eigenvalue weighted by molar-refractivity contribution is 5.95. The molecule has 1 amide bonds. The summed E-state index contributed by atoms with van der Waals surface area (Å²) in [5.41, 5.74) is 1.23. The monoisotopic (exact) mass is 324 g/mol. The van der Waals surface area contributed by atoms with Gasteiger partial charge in [0.1, 0.15) is 0 Å². The van der Waals surface area contributed by atoms with Crippen molar-refractivity contribution in [2.45, 2.75) is 0 Å². The molecule has 3 rings (SSSR count). The van der Waals surface area contributed by atoms with Gasteiger partial charge >= 0.3 is 11.9 Å². The smallest absolute Gasteiger partial charge is 0.365 e. The largest absolute Gasteiger partial charge is 0.444 e. The molecule has 1 aromatic carbocycles. The number of hydrogen-bond acceptors (Lipinski definition) is 7. The average Bonchev–Trinajstić information content (AvgIpc) is 3.16. The maximum absolute atomic E-state index is 12.2. The first-order valence-corrected chi connectivity index (χ1v) is 6.85. The Morgan fingerprint density at radius 3 is 2.33 bits per heavy atom. The topological polar surface area (TPSA) is 112 Å². The summed E-state index contributed by atoms with van der Waals surface area (Å²) in [6.45, 7) is 0. The van der Waals surface area contributed by atoms with E-state index in [4.69, 9.17) is 15.1 Å². The summed E-state index contributed by atoms with van der Waals surface area (Å²) >= 11 is 0. The molecule has 0 aliphatic rings. The van der Waals surface area contributed by atoms with E-state index < -0.39 is 11.9 Å². The van der Waals surface area contributed by atoms with Gasteiger partial charge < -0.3 is 9.25 Å². The molecular weight excluding hydrogens is 312 g/mol. The molecule has 2 heterocycles. The van der Waals surface area contributed by atoms with Crippen LogP contribution in [0, 0.1) is 0 Å². The molecule has 8 heteroatoms. The third kappa shape index (κ3) is 3.28. The van der Waals surface area contributed by atoms with E-state index in [-0.39, 0.29) is 11.1 Å². The van der Waals surface area contributed by atoms with E-state index in [0.29, 0.717) is 10.9 Å². The van der Waals surface area contributed by atoms with Crippen molar-refractivity contribution in [3.8, 4) is 11.3 Å². The van der Waals surface area contributed by atoms with Crippen LogP contribution in [0.2, 0.25) is 0 Å². The van der Waals surface area contributed by atoms with Crippen molar-refractivity contribution in [2.24, 2.45) is 5.84 Å². The van der Waals surface area contributed by atoms with Gasteiger partial charge in [-0.2, -0.15) is 0 Å². The summed E-state index contributed by atoms with van der Waals surface area (Å²) in [7, 11) is 0. The van der Waals surface area contributed by atoms with Crippen LogP contribution in [0.5, 0.6) is 0 Å². The standard InChI is InChI=1S/C16H12N4O4/c17-20(24-16(22)13-5-7-18-8-6-13)15(21)12-3-1-11(2-4-12)14-9-19-10-23-14/h1-10H,17H2. The van der Waals surface area contributed by atoms with E-state index in [2.05, 4.69) is 9.97 Å². The van der Waals surface area contributed by atoms with E-state index in [0.717, 1.165) is 5.56 Å². The summed E-state index contributed by atoms with van der Waals surface area (Å²) < 4.78 is 5.16. The number of amides is 1.